The maximum absolute atomic E-state index is 13.4. The number of hydrogen-bond donors (Lipinski definition) is 1. The van der Waals surface area contributed by atoms with Gasteiger partial charge in [0.2, 0.25) is 11.1 Å². The fourth-order valence-electron chi connectivity index (χ4n) is 3.81. The van der Waals surface area contributed by atoms with E-state index in [9.17, 15) is 4.79 Å². The molecule has 1 N–H and O–H groups in total. The molecule has 3 aromatic rings. The highest BCUT2D eigenvalue weighted by Gasteiger charge is 2.40. The van der Waals surface area contributed by atoms with Gasteiger partial charge in [-0.15, -0.1) is 10.2 Å². The zero-order chi connectivity index (χ0) is 20.5. The summed E-state index contributed by atoms with van der Waals surface area (Å²) in [6.07, 6.45) is 0. The second kappa shape index (κ2) is 8.12. The van der Waals surface area contributed by atoms with Crippen molar-refractivity contribution < 1.29 is 9.53 Å². The van der Waals surface area contributed by atoms with Crippen LogP contribution in [0.5, 0.6) is 0 Å². The molecule has 1 amide bonds. The van der Waals surface area contributed by atoms with E-state index in [0.29, 0.717) is 31.5 Å². The maximum atomic E-state index is 13.4. The summed E-state index contributed by atoms with van der Waals surface area (Å²) >= 11 is 1.48. The topological polar surface area (TPSA) is 72.3 Å². The Morgan fingerprint density at radius 3 is 2.53 bits per heavy atom. The van der Waals surface area contributed by atoms with E-state index in [2.05, 4.69) is 46.8 Å². The van der Waals surface area contributed by atoms with Crippen molar-refractivity contribution in [2.75, 3.05) is 31.7 Å². The van der Waals surface area contributed by atoms with E-state index in [1.54, 1.807) is 0 Å². The molecule has 8 heteroatoms. The number of ether oxygens (including phenoxy) is 1. The first-order valence-corrected chi connectivity index (χ1v) is 11.0. The molecule has 2 aliphatic heterocycles. The van der Waals surface area contributed by atoms with Gasteiger partial charge in [-0.1, -0.05) is 71.9 Å². The van der Waals surface area contributed by atoms with Crippen LogP contribution < -0.4 is 5.43 Å². The Bertz CT molecular complexity index is 1030. The largest absolute Gasteiger partial charge is 0.378 e. The van der Waals surface area contributed by atoms with Crippen LogP contribution in [-0.2, 0) is 9.53 Å². The highest BCUT2D eigenvalue weighted by molar-refractivity contribution is 8.00. The zero-order valence-electron chi connectivity index (χ0n) is 16.7. The standard InChI is InChI=1S/C22H23N5O2S/c1-15-7-9-16(10-8-15)18-19(21(28)26-11-13-29-14-12-26)30-22-24-23-20(27(22)25-18)17-5-3-2-4-6-17/h2-10,18-19,25H,11-14H2,1H3/t18-,19+/m1/s1. The van der Waals surface area contributed by atoms with Crippen LogP contribution in [-0.4, -0.2) is 57.2 Å². The molecule has 0 spiro atoms. The molecule has 154 valence electrons. The second-order valence-corrected chi connectivity index (χ2v) is 8.61. The number of morpholine rings is 1. The number of carbonyl (C=O) groups is 1. The molecule has 0 radical (unpaired) electrons. The molecule has 0 saturated carbocycles. The van der Waals surface area contributed by atoms with Crippen molar-refractivity contribution in [1.29, 1.82) is 0 Å². The molecule has 0 unspecified atom stereocenters. The van der Waals surface area contributed by atoms with Crippen molar-refractivity contribution in [1.82, 2.24) is 19.8 Å². The van der Waals surface area contributed by atoms with Crippen molar-refractivity contribution >= 4 is 17.7 Å². The lowest BCUT2D eigenvalue weighted by Gasteiger charge is -2.37. The Labute approximate surface area is 179 Å². The van der Waals surface area contributed by atoms with Crippen LogP contribution in [0.1, 0.15) is 17.2 Å². The van der Waals surface area contributed by atoms with Gasteiger partial charge in [0.25, 0.3) is 0 Å². The van der Waals surface area contributed by atoms with Crippen molar-refractivity contribution in [3.05, 3.63) is 65.7 Å². The van der Waals surface area contributed by atoms with E-state index < -0.39 is 0 Å². The third-order valence-corrected chi connectivity index (χ3v) is 6.67. The molecular formula is C22H23N5O2S. The summed E-state index contributed by atoms with van der Waals surface area (Å²) in [6.45, 7) is 4.48. The molecule has 2 aliphatic rings. The predicted molar refractivity (Wildman–Crippen MR) is 116 cm³/mol. The summed E-state index contributed by atoms with van der Waals surface area (Å²) in [5, 5.41) is 9.14. The van der Waals surface area contributed by atoms with Gasteiger partial charge in [-0.3, -0.25) is 4.79 Å². The van der Waals surface area contributed by atoms with Crippen molar-refractivity contribution in [3.8, 4) is 11.4 Å². The summed E-state index contributed by atoms with van der Waals surface area (Å²) in [7, 11) is 0. The molecule has 2 atom stereocenters. The van der Waals surface area contributed by atoms with Crippen molar-refractivity contribution in [2.24, 2.45) is 0 Å². The minimum absolute atomic E-state index is 0.108. The van der Waals surface area contributed by atoms with Crippen LogP contribution >= 0.6 is 11.8 Å². The fourth-order valence-corrected chi connectivity index (χ4v) is 4.97. The molecule has 1 saturated heterocycles. The summed E-state index contributed by atoms with van der Waals surface area (Å²) < 4.78 is 7.34. The lowest BCUT2D eigenvalue weighted by atomic mass is 10.0. The van der Waals surface area contributed by atoms with Gasteiger partial charge in [0, 0.05) is 18.7 Å². The molecule has 1 fully saturated rings. The van der Waals surface area contributed by atoms with E-state index in [-0.39, 0.29) is 17.2 Å². The van der Waals surface area contributed by atoms with E-state index in [0.717, 1.165) is 17.0 Å². The normalized spacial score (nSPS) is 21.0. The highest BCUT2D eigenvalue weighted by atomic mass is 32.2. The smallest absolute Gasteiger partial charge is 0.238 e. The van der Waals surface area contributed by atoms with Crippen LogP contribution in [0.25, 0.3) is 11.4 Å². The van der Waals surface area contributed by atoms with Gasteiger partial charge in [-0.05, 0) is 12.5 Å². The number of fused-ring (bicyclic) bond motifs is 1. The van der Waals surface area contributed by atoms with E-state index in [1.165, 1.54) is 17.3 Å². The van der Waals surface area contributed by atoms with Crippen molar-refractivity contribution in [3.63, 3.8) is 0 Å². The quantitative estimate of drug-likeness (QED) is 0.701. The Morgan fingerprint density at radius 1 is 1.07 bits per heavy atom. The number of carbonyl (C=O) groups excluding carboxylic acids is 1. The Morgan fingerprint density at radius 2 is 1.80 bits per heavy atom. The second-order valence-electron chi connectivity index (χ2n) is 7.50. The summed E-state index contributed by atoms with van der Waals surface area (Å²) in [4.78, 5) is 15.3. The molecule has 5 rings (SSSR count). The predicted octanol–water partition coefficient (Wildman–Crippen LogP) is 2.87. The first-order valence-electron chi connectivity index (χ1n) is 10.1. The van der Waals surface area contributed by atoms with Gasteiger partial charge in [0.1, 0.15) is 5.25 Å². The number of aryl methyl sites for hydroxylation is 1. The third-order valence-electron chi connectivity index (χ3n) is 5.47. The number of amides is 1. The number of thioether (sulfide) groups is 1. The van der Waals surface area contributed by atoms with Crippen LogP contribution in [0.2, 0.25) is 0 Å². The number of nitrogens with one attached hydrogen (secondary N) is 1. The molecule has 1 aromatic heterocycles. The lowest BCUT2D eigenvalue weighted by molar-refractivity contribution is -0.135. The summed E-state index contributed by atoms with van der Waals surface area (Å²) in [6, 6.07) is 18.1. The maximum Gasteiger partial charge on any atom is 0.238 e. The molecule has 2 aromatic carbocycles. The van der Waals surface area contributed by atoms with Gasteiger partial charge in [-0.25, -0.2) is 4.68 Å². The van der Waals surface area contributed by atoms with E-state index >= 15 is 0 Å². The van der Waals surface area contributed by atoms with E-state index in [1.807, 2.05) is 39.9 Å². The number of rotatable bonds is 3. The molecule has 30 heavy (non-hydrogen) atoms. The number of aromatic nitrogens is 3. The molecule has 0 bridgehead atoms. The minimum atomic E-state index is -0.328. The van der Waals surface area contributed by atoms with Gasteiger partial charge < -0.3 is 15.1 Å². The summed E-state index contributed by atoms with van der Waals surface area (Å²) in [5.41, 5.74) is 6.77. The van der Waals surface area contributed by atoms with Crippen molar-refractivity contribution in [2.45, 2.75) is 23.4 Å². The van der Waals surface area contributed by atoms with Crippen LogP contribution in [0, 0.1) is 6.92 Å². The SMILES string of the molecule is Cc1ccc([C@H]2Nn3c(nnc3-c3ccccc3)S[C@@H]2C(=O)N2CCOCC2)cc1. The molecule has 0 aliphatic carbocycles. The third kappa shape index (κ3) is 3.57. The van der Waals surface area contributed by atoms with Crippen LogP contribution in [0.4, 0.5) is 0 Å². The Hall–Kier alpha value is -2.84. The molecule has 3 heterocycles. The van der Waals surface area contributed by atoms with Gasteiger partial charge in [0.15, 0.2) is 5.82 Å². The lowest BCUT2D eigenvalue weighted by Crippen LogP contribution is -2.49. The average molecular weight is 422 g/mol. The number of hydrogen-bond acceptors (Lipinski definition) is 6. The van der Waals surface area contributed by atoms with Gasteiger partial charge in [0.05, 0.1) is 19.3 Å². The first kappa shape index (κ1) is 19.1. The van der Waals surface area contributed by atoms with E-state index in [4.69, 9.17) is 4.74 Å². The fraction of sp³-hybridized carbons (Fsp3) is 0.318. The van der Waals surface area contributed by atoms with Crippen LogP contribution in [0.3, 0.4) is 0 Å². The monoisotopic (exact) mass is 421 g/mol. The summed E-state index contributed by atoms with van der Waals surface area (Å²) in [5.74, 6) is 0.851. The highest BCUT2D eigenvalue weighted by Crippen LogP contribution is 2.39. The Kier molecular flexibility index (Phi) is 5.18. The first-order chi connectivity index (χ1) is 14.7. The Balaban J connectivity index is 1.53. The van der Waals surface area contributed by atoms with Gasteiger partial charge in [-0.2, -0.15) is 0 Å². The average Bonchev–Trinajstić information content (AvgIpc) is 3.22. The molecule has 7 nitrogen and oxygen atoms in total. The minimum Gasteiger partial charge on any atom is -0.378 e. The molecular weight excluding hydrogens is 398 g/mol. The number of nitrogens with zero attached hydrogens (tertiary/aromatic N) is 4. The zero-order valence-corrected chi connectivity index (χ0v) is 17.5. The van der Waals surface area contributed by atoms with Crippen LogP contribution in [0.15, 0.2) is 59.8 Å². The number of benzene rings is 2. The van der Waals surface area contributed by atoms with Gasteiger partial charge >= 0.3 is 0 Å².